The summed E-state index contributed by atoms with van der Waals surface area (Å²) in [5.41, 5.74) is 2.59. The molecule has 1 aromatic carbocycles. The fourth-order valence-corrected chi connectivity index (χ4v) is 1.98. The van der Waals surface area contributed by atoms with Crippen LogP contribution in [0, 0.1) is 0 Å². The predicted molar refractivity (Wildman–Crippen MR) is 80.6 cm³/mol. The Balaban J connectivity index is 2.12. The van der Waals surface area contributed by atoms with Crippen molar-refractivity contribution in [3.8, 4) is 0 Å². The summed E-state index contributed by atoms with van der Waals surface area (Å²) < 4.78 is 0. The van der Waals surface area contributed by atoms with Gasteiger partial charge in [0.1, 0.15) is 0 Å². The standard InChI is InChI=1S/C16H19N3O/c1-3-19(12-15-6-4-5-11-18-15)16(20)13-7-9-14(17-2)10-8-13/h4-11,17H,3,12H2,1-2H3. The van der Waals surface area contributed by atoms with Gasteiger partial charge in [-0.15, -0.1) is 0 Å². The van der Waals surface area contributed by atoms with E-state index in [1.165, 1.54) is 0 Å². The minimum Gasteiger partial charge on any atom is -0.388 e. The van der Waals surface area contributed by atoms with Crippen molar-refractivity contribution < 1.29 is 4.79 Å². The van der Waals surface area contributed by atoms with Crippen molar-refractivity contribution in [3.63, 3.8) is 0 Å². The molecule has 4 heteroatoms. The van der Waals surface area contributed by atoms with Gasteiger partial charge < -0.3 is 10.2 Å². The zero-order valence-corrected chi connectivity index (χ0v) is 11.8. The predicted octanol–water partition coefficient (Wildman–Crippen LogP) is 2.79. The molecular formula is C16H19N3O. The Morgan fingerprint density at radius 1 is 1.20 bits per heavy atom. The second kappa shape index (κ2) is 6.70. The number of nitrogens with one attached hydrogen (secondary N) is 1. The molecule has 1 heterocycles. The highest BCUT2D eigenvalue weighted by Crippen LogP contribution is 2.12. The summed E-state index contributed by atoms with van der Waals surface area (Å²) in [5.74, 6) is 0.0285. The van der Waals surface area contributed by atoms with Gasteiger partial charge in [-0.1, -0.05) is 6.07 Å². The van der Waals surface area contributed by atoms with Gasteiger partial charge in [0.2, 0.25) is 0 Å². The summed E-state index contributed by atoms with van der Waals surface area (Å²) in [6.07, 6.45) is 1.75. The lowest BCUT2D eigenvalue weighted by Crippen LogP contribution is -2.30. The number of benzene rings is 1. The van der Waals surface area contributed by atoms with Gasteiger partial charge in [0.05, 0.1) is 12.2 Å². The SMILES string of the molecule is CCN(Cc1ccccn1)C(=O)c1ccc(NC)cc1. The summed E-state index contributed by atoms with van der Waals surface area (Å²) in [4.78, 5) is 18.5. The van der Waals surface area contributed by atoms with Crippen molar-refractivity contribution in [2.45, 2.75) is 13.5 Å². The zero-order chi connectivity index (χ0) is 14.4. The third-order valence-electron chi connectivity index (χ3n) is 3.17. The molecule has 0 saturated heterocycles. The van der Waals surface area contributed by atoms with Crippen molar-refractivity contribution in [1.29, 1.82) is 0 Å². The van der Waals surface area contributed by atoms with Gasteiger partial charge in [0.15, 0.2) is 0 Å². The van der Waals surface area contributed by atoms with Crippen molar-refractivity contribution in [3.05, 3.63) is 59.9 Å². The average Bonchev–Trinajstić information content (AvgIpc) is 2.53. The Kier molecular flexibility index (Phi) is 4.71. The lowest BCUT2D eigenvalue weighted by molar-refractivity contribution is 0.0750. The fraction of sp³-hybridized carbons (Fsp3) is 0.250. The largest absolute Gasteiger partial charge is 0.388 e. The van der Waals surface area contributed by atoms with Crippen LogP contribution >= 0.6 is 0 Å². The maximum atomic E-state index is 12.5. The Morgan fingerprint density at radius 3 is 2.50 bits per heavy atom. The number of aromatic nitrogens is 1. The quantitative estimate of drug-likeness (QED) is 0.907. The number of anilines is 1. The maximum absolute atomic E-state index is 12.5. The van der Waals surface area contributed by atoms with Gasteiger partial charge in [-0.05, 0) is 43.3 Å². The highest BCUT2D eigenvalue weighted by molar-refractivity contribution is 5.94. The van der Waals surface area contributed by atoms with Crippen LogP contribution in [0.2, 0.25) is 0 Å². The molecule has 0 atom stereocenters. The second-order valence-electron chi connectivity index (χ2n) is 4.47. The topological polar surface area (TPSA) is 45.2 Å². The van der Waals surface area contributed by atoms with E-state index in [1.807, 2.05) is 56.4 Å². The van der Waals surface area contributed by atoms with Gasteiger partial charge >= 0.3 is 0 Å². The molecule has 0 aliphatic rings. The highest BCUT2D eigenvalue weighted by Gasteiger charge is 2.14. The first-order chi connectivity index (χ1) is 9.74. The van der Waals surface area contributed by atoms with Crippen LogP contribution in [0.4, 0.5) is 5.69 Å². The van der Waals surface area contributed by atoms with Crippen LogP contribution in [0.5, 0.6) is 0 Å². The van der Waals surface area contributed by atoms with Crippen LogP contribution in [-0.4, -0.2) is 29.4 Å². The Morgan fingerprint density at radius 2 is 1.95 bits per heavy atom. The van der Waals surface area contributed by atoms with Gasteiger partial charge in [-0.2, -0.15) is 0 Å². The van der Waals surface area contributed by atoms with Crippen molar-refractivity contribution in [2.75, 3.05) is 18.9 Å². The number of carbonyl (C=O) groups excluding carboxylic acids is 1. The summed E-state index contributed by atoms with van der Waals surface area (Å²) in [6, 6.07) is 13.2. The van der Waals surface area contributed by atoms with Crippen LogP contribution in [-0.2, 0) is 6.54 Å². The number of amides is 1. The monoisotopic (exact) mass is 269 g/mol. The van der Waals surface area contributed by atoms with Gasteiger partial charge in [0.25, 0.3) is 5.91 Å². The van der Waals surface area contributed by atoms with Gasteiger partial charge in [-0.3, -0.25) is 9.78 Å². The molecule has 0 bridgehead atoms. The lowest BCUT2D eigenvalue weighted by Gasteiger charge is -2.20. The molecule has 0 spiro atoms. The first-order valence-corrected chi connectivity index (χ1v) is 6.71. The summed E-state index contributed by atoms with van der Waals surface area (Å²) in [7, 11) is 1.86. The van der Waals surface area contributed by atoms with E-state index >= 15 is 0 Å². The summed E-state index contributed by atoms with van der Waals surface area (Å²) in [6.45, 7) is 3.16. The van der Waals surface area contributed by atoms with E-state index < -0.39 is 0 Å². The first-order valence-electron chi connectivity index (χ1n) is 6.71. The van der Waals surface area contributed by atoms with E-state index in [0.717, 1.165) is 11.4 Å². The second-order valence-corrected chi connectivity index (χ2v) is 4.47. The van der Waals surface area contributed by atoms with E-state index in [9.17, 15) is 4.79 Å². The van der Waals surface area contributed by atoms with Crippen LogP contribution in [0.25, 0.3) is 0 Å². The van der Waals surface area contributed by atoms with Crippen LogP contribution < -0.4 is 5.32 Å². The average molecular weight is 269 g/mol. The van der Waals surface area contributed by atoms with Crippen molar-refractivity contribution in [2.24, 2.45) is 0 Å². The zero-order valence-electron chi connectivity index (χ0n) is 11.8. The normalized spacial score (nSPS) is 10.1. The van der Waals surface area contributed by atoms with Gasteiger partial charge in [0, 0.05) is 31.0 Å². The third-order valence-corrected chi connectivity index (χ3v) is 3.17. The van der Waals surface area contributed by atoms with E-state index in [-0.39, 0.29) is 5.91 Å². The number of hydrogen-bond acceptors (Lipinski definition) is 3. The summed E-state index contributed by atoms with van der Waals surface area (Å²) >= 11 is 0. The molecule has 2 aromatic rings. The molecule has 104 valence electrons. The molecule has 0 aliphatic heterocycles. The lowest BCUT2D eigenvalue weighted by atomic mass is 10.1. The Hall–Kier alpha value is -2.36. The molecular weight excluding hydrogens is 250 g/mol. The Bertz CT molecular complexity index is 552. The maximum Gasteiger partial charge on any atom is 0.254 e. The fourth-order valence-electron chi connectivity index (χ4n) is 1.98. The van der Waals surface area contributed by atoms with Crippen molar-refractivity contribution >= 4 is 11.6 Å². The number of pyridine rings is 1. The van der Waals surface area contributed by atoms with E-state index in [4.69, 9.17) is 0 Å². The molecule has 0 fully saturated rings. The molecule has 4 nitrogen and oxygen atoms in total. The molecule has 0 aliphatic carbocycles. The smallest absolute Gasteiger partial charge is 0.254 e. The minimum absolute atomic E-state index is 0.0285. The minimum atomic E-state index is 0.0285. The van der Waals surface area contributed by atoms with E-state index in [1.54, 1.807) is 11.1 Å². The van der Waals surface area contributed by atoms with E-state index in [2.05, 4.69) is 10.3 Å². The molecule has 1 amide bonds. The molecule has 2 rings (SSSR count). The molecule has 1 aromatic heterocycles. The highest BCUT2D eigenvalue weighted by atomic mass is 16.2. The summed E-state index contributed by atoms with van der Waals surface area (Å²) in [5, 5.41) is 3.04. The number of rotatable bonds is 5. The van der Waals surface area contributed by atoms with Crippen LogP contribution in [0.15, 0.2) is 48.7 Å². The molecule has 0 unspecified atom stereocenters. The molecule has 1 N–H and O–H groups in total. The Labute approximate surface area is 119 Å². The van der Waals surface area contributed by atoms with Crippen LogP contribution in [0.1, 0.15) is 23.0 Å². The molecule has 0 saturated carbocycles. The number of hydrogen-bond donors (Lipinski definition) is 1. The van der Waals surface area contributed by atoms with E-state index in [0.29, 0.717) is 18.7 Å². The van der Waals surface area contributed by atoms with Gasteiger partial charge in [-0.25, -0.2) is 0 Å². The number of nitrogens with zero attached hydrogens (tertiary/aromatic N) is 2. The molecule has 20 heavy (non-hydrogen) atoms. The van der Waals surface area contributed by atoms with Crippen molar-refractivity contribution in [1.82, 2.24) is 9.88 Å². The number of carbonyl (C=O) groups is 1. The first kappa shape index (κ1) is 14.1. The van der Waals surface area contributed by atoms with Crippen LogP contribution in [0.3, 0.4) is 0 Å². The molecule has 0 radical (unpaired) electrons. The third kappa shape index (κ3) is 3.35.